The van der Waals surface area contributed by atoms with Crippen LogP contribution in [0.4, 0.5) is 5.69 Å². The van der Waals surface area contributed by atoms with E-state index in [-0.39, 0.29) is 25.0 Å². The zero-order valence-corrected chi connectivity index (χ0v) is 18.3. The van der Waals surface area contributed by atoms with Gasteiger partial charge >= 0.3 is 0 Å². The van der Waals surface area contributed by atoms with Gasteiger partial charge in [-0.3, -0.25) is 9.69 Å². The third-order valence-electron chi connectivity index (χ3n) is 4.89. The van der Waals surface area contributed by atoms with Crippen molar-refractivity contribution < 1.29 is 24.5 Å². The first-order chi connectivity index (χ1) is 14.9. The Labute approximate surface area is 187 Å². The van der Waals surface area contributed by atoms with Crippen molar-refractivity contribution in [2.24, 2.45) is 0 Å². The minimum Gasteiger partial charge on any atom is -0.489 e. The lowest BCUT2D eigenvalue weighted by atomic mass is 10.2. The normalized spacial score (nSPS) is 18.4. The summed E-state index contributed by atoms with van der Waals surface area (Å²) < 4.78 is 11.7. The van der Waals surface area contributed by atoms with E-state index in [2.05, 4.69) is 10.2 Å². The fourth-order valence-corrected chi connectivity index (χ4v) is 3.59. The summed E-state index contributed by atoms with van der Waals surface area (Å²) in [5.41, 5.74) is 0.512. The molecule has 8 heteroatoms. The first-order valence-corrected chi connectivity index (χ1v) is 10.8. The van der Waals surface area contributed by atoms with Gasteiger partial charge in [0.25, 0.3) is 0 Å². The highest BCUT2D eigenvalue weighted by molar-refractivity contribution is 6.30. The molecule has 1 heterocycles. The van der Waals surface area contributed by atoms with E-state index in [4.69, 9.17) is 21.1 Å². The van der Waals surface area contributed by atoms with Gasteiger partial charge in [-0.1, -0.05) is 23.7 Å². The van der Waals surface area contributed by atoms with Crippen molar-refractivity contribution in [2.45, 2.75) is 38.1 Å². The summed E-state index contributed by atoms with van der Waals surface area (Å²) in [6.07, 6.45) is -0.447. The molecule has 2 aromatic rings. The predicted molar refractivity (Wildman–Crippen MR) is 120 cm³/mol. The van der Waals surface area contributed by atoms with Crippen LogP contribution < -0.4 is 14.8 Å². The van der Waals surface area contributed by atoms with E-state index in [9.17, 15) is 15.0 Å². The topological polar surface area (TPSA) is 91.3 Å². The zero-order valence-electron chi connectivity index (χ0n) is 17.5. The number of carbonyl (C=O) groups is 1. The number of nitrogens with zero attached hydrogens (tertiary/aromatic N) is 1. The molecule has 0 saturated carbocycles. The molecular formula is C23H29ClN2O5. The Morgan fingerprint density at radius 1 is 1.23 bits per heavy atom. The molecule has 0 spiro atoms. The van der Waals surface area contributed by atoms with Crippen LogP contribution in [-0.4, -0.2) is 65.6 Å². The Hall–Kier alpha value is -2.32. The van der Waals surface area contributed by atoms with Gasteiger partial charge in [-0.15, -0.1) is 0 Å². The van der Waals surface area contributed by atoms with Gasteiger partial charge < -0.3 is 25.0 Å². The molecule has 3 N–H and O–H groups in total. The quantitative estimate of drug-likeness (QED) is 0.517. The molecule has 1 aliphatic heterocycles. The predicted octanol–water partition coefficient (Wildman–Crippen LogP) is 2.94. The minimum absolute atomic E-state index is 0.00514. The van der Waals surface area contributed by atoms with Crippen LogP contribution in [0.25, 0.3) is 0 Å². The molecule has 1 amide bonds. The summed E-state index contributed by atoms with van der Waals surface area (Å²) in [4.78, 5) is 14.1. The first-order valence-electron chi connectivity index (χ1n) is 10.4. The SMILES string of the molecule is CC(O)CC(=O)Nc1ccccc1OCC(O)CN1CCC(Oc2ccc(Cl)cc2)C1. The second-order valence-corrected chi connectivity index (χ2v) is 8.24. The summed E-state index contributed by atoms with van der Waals surface area (Å²) >= 11 is 5.90. The third kappa shape index (κ3) is 7.70. The van der Waals surface area contributed by atoms with Crippen molar-refractivity contribution in [1.82, 2.24) is 4.90 Å². The van der Waals surface area contributed by atoms with Crippen LogP contribution >= 0.6 is 11.6 Å². The number of amides is 1. The van der Waals surface area contributed by atoms with Gasteiger partial charge in [0.15, 0.2) is 0 Å². The number of likely N-dealkylation sites (tertiary alicyclic amines) is 1. The molecule has 31 heavy (non-hydrogen) atoms. The Morgan fingerprint density at radius 3 is 2.71 bits per heavy atom. The van der Waals surface area contributed by atoms with Crippen molar-refractivity contribution in [3.05, 3.63) is 53.6 Å². The van der Waals surface area contributed by atoms with Gasteiger partial charge in [0.2, 0.25) is 5.91 Å². The van der Waals surface area contributed by atoms with Crippen LogP contribution in [0, 0.1) is 0 Å². The van der Waals surface area contributed by atoms with E-state index in [1.165, 1.54) is 0 Å². The van der Waals surface area contributed by atoms with E-state index in [0.29, 0.717) is 23.0 Å². The summed E-state index contributed by atoms with van der Waals surface area (Å²) in [5, 5.41) is 23.2. The molecular weight excluding hydrogens is 420 g/mol. The highest BCUT2D eigenvalue weighted by atomic mass is 35.5. The van der Waals surface area contributed by atoms with E-state index >= 15 is 0 Å². The average molecular weight is 449 g/mol. The summed E-state index contributed by atoms with van der Waals surface area (Å²) in [5.74, 6) is 0.968. The molecule has 168 valence electrons. The summed E-state index contributed by atoms with van der Waals surface area (Å²) in [7, 11) is 0. The maximum absolute atomic E-state index is 11.9. The van der Waals surface area contributed by atoms with Crippen LogP contribution in [0.5, 0.6) is 11.5 Å². The van der Waals surface area contributed by atoms with Gasteiger partial charge in [0.05, 0.1) is 18.2 Å². The van der Waals surface area contributed by atoms with Crippen LogP contribution in [0.15, 0.2) is 48.5 Å². The molecule has 0 radical (unpaired) electrons. The van der Waals surface area contributed by atoms with Crippen molar-refractivity contribution in [3.63, 3.8) is 0 Å². The number of para-hydroxylation sites is 2. The van der Waals surface area contributed by atoms with Crippen LogP contribution in [0.2, 0.25) is 5.02 Å². The molecule has 0 aromatic heterocycles. The van der Waals surface area contributed by atoms with Crippen molar-refractivity contribution in [3.8, 4) is 11.5 Å². The Bertz CT molecular complexity index is 846. The molecule has 1 aliphatic rings. The number of carbonyl (C=O) groups excluding carboxylic acids is 1. The molecule has 3 unspecified atom stereocenters. The molecule has 0 bridgehead atoms. The molecule has 7 nitrogen and oxygen atoms in total. The van der Waals surface area contributed by atoms with E-state index in [1.807, 2.05) is 12.1 Å². The molecule has 3 atom stereocenters. The standard InChI is InChI=1S/C23H29ClN2O5/c1-16(27)12-23(29)25-21-4-2-3-5-22(21)30-15-18(28)13-26-11-10-20(14-26)31-19-8-6-17(24)7-9-19/h2-9,16,18,20,27-28H,10-15H2,1H3,(H,25,29). The van der Waals surface area contributed by atoms with Gasteiger partial charge in [-0.05, 0) is 49.7 Å². The van der Waals surface area contributed by atoms with Crippen molar-refractivity contribution in [1.29, 1.82) is 0 Å². The smallest absolute Gasteiger partial charge is 0.227 e. The molecule has 2 aromatic carbocycles. The minimum atomic E-state index is -0.720. The number of anilines is 1. The van der Waals surface area contributed by atoms with Gasteiger partial charge in [0, 0.05) is 24.7 Å². The number of aliphatic hydroxyl groups is 2. The largest absolute Gasteiger partial charge is 0.489 e. The van der Waals surface area contributed by atoms with E-state index < -0.39 is 12.2 Å². The van der Waals surface area contributed by atoms with Crippen LogP contribution in [-0.2, 0) is 4.79 Å². The maximum Gasteiger partial charge on any atom is 0.227 e. The average Bonchev–Trinajstić information content (AvgIpc) is 3.15. The number of rotatable bonds is 10. The van der Waals surface area contributed by atoms with Gasteiger partial charge in [-0.25, -0.2) is 0 Å². The number of hydrogen-bond donors (Lipinski definition) is 3. The fraction of sp³-hybridized carbons (Fsp3) is 0.435. The first kappa shape index (κ1) is 23.3. The molecule has 0 aliphatic carbocycles. The summed E-state index contributed by atoms with van der Waals surface area (Å²) in [6.45, 7) is 3.69. The zero-order chi connectivity index (χ0) is 22.2. The van der Waals surface area contributed by atoms with Crippen molar-refractivity contribution >= 4 is 23.2 Å². The Morgan fingerprint density at radius 2 is 1.97 bits per heavy atom. The number of hydrogen-bond acceptors (Lipinski definition) is 6. The molecule has 1 fully saturated rings. The number of aliphatic hydroxyl groups excluding tert-OH is 2. The third-order valence-corrected chi connectivity index (χ3v) is 5.14. The fourth-order valence-electron chi connectivity index (χ4n) is 3.47. The molecule has 1 saturated heterocycles. The van der Waals surface area contributed by atoms with Gasteiger partial charge in [0.1, 0.15) is 30.3 Å². The number of halogens is 1. The summed E-state index contributed by atoms with van der Waals surface area (Å²) in [6, 6.07) is 14.3. The second kappa shape index (κ2) is 11.3. The lowest BCUT2D eigenvalue weighted by Crippen LogP contribution is -2.35. The second-order valence-electron chi connectivity index (χ2n) is 7.80. The van der Waals surface area contributed by atoms with E-state index in [0.717, 1.165) is 25.3 Å². The van der Waals surface area contributed by atoms with Crippen LogP contribution in [0.3, 0.4) is 0 Å². The maximum atomic E-state index is 11.9. The van der Waals surface area contributed by atoms with E-state index in [1.54, 1.807) is 43.3 Å². The lowest BCUT2D eigenvalue weighted by Gasteiger charge is -2.21. The highest BCUT2D eigenvalue weighted by Crippen LogP contribution is 2.25. The highest BCUT2D eigenvalue weighted by Gasteiger charge is 2.26. The monoisotopic (exact) mass is 448 g/mol. The number of nitrogens with one attached hydrogen (secondary N) is 1. The number of β-amino-alcohol motifs (C(OH)–C–C–N with tert-alkyl or cyclic N) is 1. The molecule has 3 rings (SSSR count). The Kier molecular flexibility index (Phi) is 8.54. The van der Waals surface area contributed by atoms with Crippen LogP contribution in [0.1, 0.15) is 19.8 Å². The van der Waals surface area contributed by atoms with Crippen molar-refractivity contribution in [2.75, 3.05) is 31.6 Å². The van der Waals surface area contributed by atoms with Gasteiger partial charge in [-0.2, -0.15) is 0 Å². The lowest BCUT2D eigenvalue weighted by molar-refractivity contribution is -0.117. The Balaban J connectivity index is 1.44. The number of ether oxygens (including phenoxy) is 2. The number of benzene rings is 2.